The fourth-order valence-electron chi connectivity index (χ4n) is 1.45. The Labute approximate surface area is 111 Å². The Morgan fingerprint density at radius 2 is 2.11 bits per heavy atom. The summed E-state index contributed by atoms with van der Waals surface area (Å²) in [5, 5.41) is 8.60. The Balaban J connectivity index is 2.78. The topological polar surface area (TPSA) is 83.0 Å². The summed E-state index contributed by atoms with van der Waals surface area (Å²) in [7, 11) is 1.39. The minimum atomic E-state index is -0.568. The van der Waals surface area contributed by atoms with Gasteiger partial charge in [0.15, 0.2) is 5.16 Å². The van der Waals surface area contributed by atoms with Crippen LogP contribution in [0.1, 0.15) is 33.7 Å². The Kier molecular flexibility index (Phi) is 4.61. The van der Waals surface area contributed by atoms with Crippen LogP contribution in [0.25, 0.3) is 0 Å². The van der Waals surface area contributed by atoms with E-state index >= 15 is 0 Å². The van der Waals surface area contributed by atoms with Crippen LogP contribution in [0.4, 0.5) is 5.95 Å². The highest BCUT2D eigenvalue weighted by Gasteiger charge is 2.30. The minimum Gasteiger partial charge on any atom is -0.469 e. The number of aromatic nitrogens is 3. The number of thioether (sulfide) groups is 1. The summed E-state index contributed by atoms with van der Waals surface area (Å²) < 4.78 is 6.61. The largest absolute Gasteiger partial charge is 0.469 e. The number of ether oxygens (including phenoxy) is 1. The maximum Gasteiger partial charge on any atom is 0.312 e. The number of esters is 1. The molecule has 18 heavy (non-hydrogen) atoms. The summed E-state index contributed by atoms with van der Waals surface area (Å²) in [6.45, 7) is 7.70. The molecule has 0 bridgehead atoms. The molecule has 2 N–H and O–H groups in total. The van der Waals surface area contributed by atoms with E-state index in [4.69, 9.17) is 10.5 Å². The fraction of sp³-hybridized carbons (Fsp3) is 0.727. The highest BCUT2D eigenvalue weighted by Crippen LogP contribution is 2.29. The first-order valence-electron chi connectivity index (χ1n) is 5.71. The van der Waals surface area contributed by atoms with E-state index in [-0.39, 0.29) is 12.0 Å². The third kappa shape index (κ3) is 3.16. The smallest absolute Gasteiger partial charge is 0.312 e. The highest BCUT2D eigenvalue weighted by molar-refractivity contribution is 7.99. The van der Waals surface area contributed by atoms with E-state index in [1.54, 1.807) is 0 Å². The molecule has 1 rings (SSSR count). The lowest BCUT2D eigenvalue weighted by atomic mass is 9.97. The van der Waals surface area contributed by atoms with E-state index in [2.05, 4.69) is 10.2 Å². The van der Waals surface area contributed by atoms with Crippen LogP contribution in [0, 0.1) is 5.41 Å². The first kappa shape index (κ1) is 14.8. The van der Waals surface area contributed by atoms with E-state index < -0.39 is 5.41 Å². The van der Waals surface area contributed by atoms with Gasteiger partial charge in [-0.25, -0.2) is 0 Å². The summed E-state index contributed by atoms with van der Waals surface area (Å²) in [5.41, 5.74) is 5.18. The zero-order valence-electron chi connectivity index (χ0n) is 11.4. The molecule has 1 aromatic rings. The van der Waals surface area contributed by atoms with Gasteiger partial charge in [-0.3, -0.25) is 9.36 Å². The molecule has 6 nitrogen and oxygen atoms in total. The van der Waals surface area contributed by atoms with E-state index in [9.17, 15) is 4.79 Å². The predicted molar refractivity (Wildman–Crippen MR) is 71.3 cm³/mol. The van der Waals surface area contributed by atoms with Crippen LogP contribution in [-0.4, -0.2) is 33.6 Å². The Morgan fingerprint density at radius 3 is 2.61 bits per heavy atom. The van der Waals surface area contributed by atoms with Crippen LogP contribution in [0.5, 0.6) is 0 Å². The number of carbonyl (C=O) groups excluding carboxylic acids is 1. The maximum atomic E-state index is 11.6. The number of hydrogen-bond acceptors (Lipinski definition) is 6. The molecule has 0 radical (unpaired) electrons. The van der Waals surface area contributed by atoms with Crippen molar-refractivity contribution >= 4 is 23.7 Å². The van der Waals surface area contributed by atoms with Crippen molar-refractivity contribution in [2.45, 2.75) is 38.9 Å². The zero-order valence-corrected chi connectivity index (χ0v) is 12.2. The Hall–Kier alpha value is -1.24. The molecule has 0 aliphatic heterocycles. The van der Waals surface area contributed by atoms with Crippen molar-refractivity contribution in [2.24, 2.45) is 5.41 Å². The molecule has 0 saturated carbocycles. The van der Waals surface area contributed by atoms with Gasteiger partial charge in [0.05, 0.1) is 12.5 Å². The van der Waals surface area contributed by atoms with Gasteiger partial charge in [-0.2, -0.15) is 0 Å². The van der Waals surface area contributed by atoms with Gasteiger partial charge in [0.2, 0.25) is 5.95 Å². The predicted octanol–water partition coefficient (Wildman–Crippen LogP) is 1.73. The summed E-state index contributed by atoms with van der Waals surface area (Å²) in [4.78, 5) is 11.6. The number of methoxy groups -OCH3 is 1. The third-order valence-electron chi connectivity index (χ3n) is 2.51. The number of anilines is 1. The normalized spacial score (nSPS) is 11.9. The van der Waals surface area contributed by atoms with E-state index in [1.165, 1.54) is 18.9 Å². The molecule has 0 unspecified atom stereocenters. The van der Waals surface area contributed by atoms with Crippen LogP contribution in [-0.2, 0) is 9.53 Å². The number of rotatable bonds is 5. The lowest BCUT2D eigenvalue weighted by Gasteiger charge is -2.21. The van der Waals surface area contributed by atoms with Crippen LogP contribution in [0.2, 0.25) is 0 Å². The SMILES string of the molecule is COC(=O)C(C)(C)CSc1nnc(N)n1C(C)C. The van der Waals surface area contributed by atoms with Crippen molar-refractivity contribution in [3.05, 3.63) is 0 Å². The van der Waals surface area contributed by atoms with Crippen LogP contribution >= 0.6 is 11.8 Å². The maximum absolute atomic E-state index is 11.6. The Morgan fingerprint density at radius 1 is 1.50 bits per heavy atom. The van der Waals surface area contributed by atoms with Gasteiger partial charge in [-0.05, 0) is 27.7 Å². The summed E-state index contributed by atoms with van der Waals surface area (Å²) >= 11 is 1.46. The second-order valence-corrected chi connectivity index (χ2v) is 5.91. The number of hydrogen-bond donors (Lipinski definition) is 1. The monoisotopic (exact) mass is 272 g/mol. The van der Waals surface area contributed by atoms with E-state index in [1.807, 2.05) is 32.3 Å². The third-order valence-corrected chi connectivity index (χ3v) is 3.91. The molecule has 0 aliphatic rings. The average molecular weight is 272 g/mol. The first-order valence-corrected chi connectivity index (χ1v) is 6.69. The first-order chi connectivity index (χ1) is 8.29. The zero-order chi connectivity index (χ0) is 13.9. The quantitative estimate of drug-likeness (QED) is 0.649. The number of nitrogens with two attached hydrogens (primary N) is 1. The van der Waals surface area contributed by atoms with Gasteiger partial charge in [-0.15, -0.1) is 10.2 Å². The van der Waals surface area contributed by atoms with Crippen molar-refractivity contribution in [1.29, 1.82) is 0 Å². The molecule has 1 heterocycles. The second kappa shape index (κ2) is 5.60. The van der Waals surface area contributed by atoms with Crippen molar-refractivity contribution < 1.29 is 9.53 Å². The average Bonchev–Trinajstić information content (AvgIpc) is 2.66. The van der Waals surface area contributed by atoms with Crippen LogP contribution in [0.15, 0.2) is 5.16 Å². The lowest BCUT2D eigenvalue weighted by molar-refractivity contribution is -0.149. The number of carbonyl (C=O) groups is 1. The molecular weight excluding hydrogens is 252 g/mol. The van der Waals surface area contributed by atoms with Gasteiger partial charge in [0.1, 0.15) is 0 Å². The molecule has 7 heteroatoms. The van der Waals surface area contributed by atoms with Gasteiger partial charge in [-0.1, -0.05) is 11.8 Å². The lowest BCUT2D eigenvalue weighted by Crippen LogP contribution is -2.28. The highest BCUT2D eigenvalue weighted by atomic mass is 32.2. The molecule has 0 aliphatic carbocycles. The summed E-state index contributed by atoms with van der Waals surface area (Å²) in [6.07, 6.45) is 0. The van der Waals surface area contributed by atoms with Crippen molar-refractivity contribution in [3.8, 4) is 0 Å². The molecule has 0 aromatic carbocycles. The minimum absolute atomic E-state index is 0.184. The summed E-state index contributed by atoms with van der Waals surface area (Å²) in [6, 6.07) is 0.184. The Bertz CT molecular complexity index is 429. The van der Waals surface area contributed by atoms with Crippen molar-refractivity contribution in [3.63, 3.8) is 0 Å². The van der Waals surface area contributed by atoms with E-state index in [0.29, 0.717) is 11.7 Å². The second-order valence-electron chi connectivity index (χ2n) is 4.97. The van der Waals surface area contributed by atoms with Crippen LogP contribution in [0.3, 0.4) is 0 Å². The van der Waals surface area contributed by atoms with E-state index in [0.717, 1.165) is 5.16 Å². The summed E-state index contributed by atoms with van der Waals surface area (Å²) in [5.74, 6) is 0.715. The number of nitrogens with zero attached hydrogens (tertiary/aromatic N) is 3. The molecule has 0 amide bonds. The fourth-order valence-corrected chi connectivity index (χ4v) is 2.60. The van der Waals surface area contributed by atoms with Crippen molar-refractivity contribution in [2.75, 3.05) is 18.6 Å². The van der Waals surface area contributed by atoms with Gasteiger partial charge < -0.3 is 10.5 Å². The molecule has 0 saturated heterocycles. The molecule has 102 valence electrons. The van der Waals surface area contributed by atoms with Crippen molar-refractivity contribution in [1.82, 2.24) is 14.8 Å². The molecule has 0 spiro atoms. The molecule has 0 fully saturated rings. The van der Waals surface area contributed by atoms with Crippen LogP contribution < -0.4 is 5.73 Å². The standard InChI is InChI=1S/C11H20N4O2S/c1-7(2)15-9(12)13-14-10(15)18-6-11(3,4)8(16)17-5/h7H,6H2,1-5H3,(H2,12,13). The van der Waals surface area contributed by atoms with Gasteiger partial charge >= 0.3 is 5.97 Å². The molecule has 1 aromatic heterocycles. The van der Waals surface area contributed by atoms with Gasteiger partial charge in [0, 0.05) is 11.8 Å². The van der Waals surface area contributed by atoms with Gasteiger partial charge in [0.25, 0.3) is 0 Å². The number of nitrogen functional groups attached to an aromatic ring is 1. The molecular formula is C11H20N4O2S. The molecule has 0 atom stereocenters.